The molecule has 1 aromatic rings. The van der Waals surface area contributed by atoms with Crippen molar-refractivity contribution in [2.75, 3.05) is 44.2 Å². The number of carbonyl (C=O) groups is 2. The minimum Gasteiger partial charge on any atom is -0.462 e. The predicted octanol–water partition coefficient (Wildman–Crippen LogP) is 2.22. The highest BCUT2D eigenvalue weighted by atomic mass is 19.4. The van der Waals surface area contributed by atoms with Gasteiger partial charge in [0, 0.05) is 38.1 Å². The van der Waals surface area contributed by atoms with Gasteiger partial charge in [-0.25, -0.2) is 15.0 Å². The maximum absolute atomic E-state index is 13.1. The van der Waals surface area contributed by atoms with Crippen LogP contribution in [-0.2, 0) is 14.3 Å². The van der Waals surface area contributed by atoms with E-state index in [0.29, 0.717) is 37.4 Å². The van der Waals surface area contributed by atoms with Crippen LogP contribution in [0.5, 0.6) is 0 Å². The molecule has 1 aliphatic heterocycles. The van der Waals surface area contributed by atoms with Crippen LogP contribution in [0.4, 0.5) is 23.2 Å². The van der Waals surface area contributed by atoms with Gasteiger partial charge in [-0.1, -0.05) is 6.58 Å². The second-order valence-electron chi connectivity index (χ2n) is 6.76. The highest BCUT2D eigenvalue weighted by molar-refractivity contribution is 5.93. The molecule has 1 aromatic carbocycles. The number of amides is 1. The Balaban J connectivity index is 1.99. The topological polar surface area (TPSA) is 79.1 Å². The molecule has 0 spiro atoms. The van der Waals surface area contributed by atoms with Crippen LogP contribution < -0.4 is 10.7 Å². The Kier molecular flexibility index (Phi) is 8.03. The van der Waals surface area contributed by atoms with Gasteiger partial charge in [-0.3, -0.25) is 4.79 Å². The number of benzene rings is 1. The van der Waals surface area contributed by atoms with Gasteiger partial charge in [0.15, 0.2) is 0 Å². The second-order valence-corrected chi connectivity index (χ2v) is 6.76. The summed E-state index contributed by atoms with van der Waals surface area (Å²) in [7, 11) is 0. The monoisotopic (exact) mass is 444 g/mol. The predicted molar refractivity (Wildman–Crippen MR) is 106 cm³/mol. The Hall–Kier alpha value is -3.08. The number of esters is 1. The Labute approximate surface area is 177 Å². The number of alkyl halides is 3. The van der Waals surface area contributed by atoms with Crippen molar-refractivity contribution in [1.29, 1.82) is 0 Å². The van der Waals surface area contributed by atoms with Crippen LogP contribution in [0.2, 0.25) is 0 Å². The van der Waals surface area contributed by atoms with E-state index in [1.165, 1.54) is 24.0 Å². The van der Waals surface area contributed by atoms with E-state index in [0.717, 1.165) is 5.69 Å². The first-order valence-electron chi connectivity index (χ1n) is 9.48. The van der Waals surface area contributed by atoms with Crippen molar-refractivity contribution in [2.24, 2.45) is 5.84 Å². The average molecular weight is 444 g/mol. The third-order valence-electron chi connectivity index (χ3n) is 4.60. The number of rotatable bonds is 7. The van der Waals surface area contributed by atoms with Gasteiger partial charge < -0.3 is 19.5 Å². The lowest BCUT2D eigenvalue weighted by Gasteiger charge is -2.36. The standard InChI is InChI=1S/C20H24F4N4O3/c1-3-31-19(30)17(14(2)20(22,23)24)12-28(25)13-18(29)27-10-8-26(9-11-27)16-6-4-15(21)5-7-16/h4-7,12H,2-3,8-11,13,25H2,1H3/b17-12+. The lowest BCUT2D eigenvalue weighted by molar-refractivity contribution is -0.140. The van der Waals surface area contributed by atoms with E-state index in [1.807, 2.05) is 4.90 Å². The van der Waals surface area contributed by atoms with E-state index in [2.05, 4.69) is 11.3 Å². The van der Waals surface area contributed by atoms with Crippen LogP contribution in [-0.4, -0.2) is 67.3 Å². The summed E-state index contributed by atoms with van der Waals surface area (Å²) in [5, 5.41) is 0.706. The smallest absolute Gasteiger partial charge is 0.416 e. The van der Waals surface area contributed by atoms with Crippen LogP contribution in [0.15, 0.2) is 48.2 Å². The first kappa shape index (κ1) is 24.2. The van der Waals surface area contributed by atoms with Crippen LogP contribution in [0, 0.1) is 5.82 Å². The molecule has 0 unspecified atom stereocenters. The first-order valence-corrected chi connectivity index (χ1v) is 9.48. The molecule has 7 nitrogen and oxygen atoms in total. The molecule has 170 valence electrons. The molecule has 1 heterocycles. The zero-order valence-corrected chi connectivity index (χ0v) is 17.0. The Bertz CT molecular complexity index is 832. The number of hydrazine groups is 1. The highest BCUT2D eigenvalue weighted by Crippen LogP contribution is 2.30. The fraction of sp³-hybridized carbons (Fsp3) is 0.400. The third-order valence-corrected chi connectivity index (χ3v) is 4.60. The zero-order chi connectivity index (χ0) is 23.2. The van der Waals surface area contributed by atoms with Gasteiger partial charge in [-0.2, -0.15) is 13.2 Å². The summed E-state index contributed by atoms with van der Waals surface area (Å²) >= 11 is 0. The molecular formula is C20H24F4N4O3. The van der Waals surface area contributed by atoms with E-state index < -0.39 is 35.7 Å². The molecular weight excluding hydrogens is 420 g/mol. The van der Waals surface area contributed by atoms with Crippen molar-refractivity contribution >= 4 is 17.6 Å². The van der Waals surface area contributed by atoms with Gasteiger partial charge in [0.1, 0.15) is 12.4 Å². The minimum absolute atomic E-state index is 0.136. The Morgan fingerprint density at radius 3 is 2.29 bits per heavy atom. The van der Waals surface area contributed by atoms with Crippen LogP contribution >= 0.6 is 0 Å². The fourth-order valence-corrected chi connectivity index (χ4v) is 2.95. The van der Waals surface area contributed by atoms with E-state index in [4.69, 9.17) is 5.84 Å². The minimum atomic E-state index is -4.86. The van der Waals surface area contributed by atoms with Crippen LogP contribution in [0.3, 0.4) is 0 Å². The molecule has 0 aliphatic carbocycles. The van der Waals surface area contributed by atoms with Crippen molar-refractivity contribution in [3.05, 3.63) is 54.0 Å². The lowest BCUT2D eigenvalue weighted by Crippen LogP contribution is -2.51. The van der Waals surface area contributed by atoms with E-state index >= 15 is 0 Å². The molecule has 2 rings (SSSR count). The number of carbonyl (C=O) groups excluding carboxylic acids is 2. The van der Waals surface area contributed by atoms with Crippen molar-refractivity contribution in [1.82, 2.24) is 9.91 Å². The first-order chi connectivity index (χ1) is 14.5. The zero-order valence-electron chi connectivity index (χ0n) is 17.0. The number of anilines is 1. The highest BCUT2D eigenvalue weighted by Gasteiger charge is 2.37. The molecule has 0 atom stereocenters. The molecule has 2 N–H and O–H groups in total. The number of halogens is 4. The van der Waals surface area contributed by atoms with Crippen molar-refractivity contribution < 1.29 is 31.9 Å². The molecule has 31 heavy (non-hydrogen) atoms. The van der Waals surface area contributed by atoms with Gasteiger partial charge in [0.05, 0.1) is 17.8 Å². The number of piperazine rings is 1. The number of nitrogens with zero attached hydrogens (tertiary/aromatic N) is 3. The van der Waals surface area contributed by atoms with Crippen LogP contribution in [0.1, 0.15) is 6.92 Å². The van der Waals surface area contributed by atoms with Crippen molar-refractivity contribution in [3.8, 4) is 0 Å². The van der Waals surface area contributed by atoms with Crippen molar-refractivity contribution in [3.63, 3.8) is 0 Å². The number of nitrogens with two attached hydrogens (primary N) is 1. The van der Waals surface area contributed by atoms with Gasteiger partial charge >= 0.3 is 12.1 Å². The van der Waals surface area contributed by atoms with E-state index in [-0.39, 0.29) is 12.4 Å². The molecule has 1 saturated heterocycles. The number of hydrogen-bond acceptors (Lipinski definition) is 6. The Morgan fingerprint density at radius 1 is 1.19 bits per heavy atom. The van der Waals surface area contributed by atoms with Crippen LogP contribution in [0.25, 0.3) is 0 Å². The molecule has 1 aliphatic rings. The normalized spacial score (nSPS) is 15.0. The fourth-order valence-electron chi connectivity index (χ4n) is 2.95. The number of hydrogen-bond donors (Lipinski definition) is 1. The maximum Gasteiger partial charge on any atom is 0.416 e. The largest absolute Gasteiger partial charge is 0.462 e. The lowest BCUT2D eigenvalue weighted by atomic mass is 10.1. The SMILES string of the molecule is C=C(/C(=C\N(N)CC(=O)N1CCN(c2ccc(F)cc2)CC1)C(=O)OCC)C(F)(F)F. The molecule has 1 amide bonds. The summed E-state index contributed by atoms with van der Waals surface area (Å²) in [6.07, 6.45) is -4.15. The summed E-state index contributed by atoms with van der Waals surface area (Å²) in [5.74, 6) is 3.68. The summed E-state index contributed by atoms with van der Waals surface area (Å²) in [6.45, 7) is 5.47. The van der Waals surface area contributed by atoms with Gasteiger partial charge in [0.2, 0.25) is 5.91 Å². The average Bonchev–Trinajstić information content (AvgIpc) is 2.71. The molecule has 0 bridgehead atoms. The van der Waals surface area contributed by atoms with Gasteiger partial charge in [0.25, 0.3) is 0 Å². The van der Waals surface area contributed by atoms with Crippen molar-refractivity contribution in [2.45, 2.75) is 13.1 Å². The molecule has 0 aromatic heterocycles. The molecule has 0 radical (unpaired) electrons. The maximum atomic E-state index is 13.1. The quantitative estimate of drug-likeness (QED) is 0.174. The molecule has 11 heteroatoms. The van der Waals surface area contributed by atoms with Gasteiger partial charge in [-0.05, 0) is 31.2 Å². The number of ether oxygens (including phenoxy) is 1. The van der Waals surface area contributed by atoms with E-state index in [9.17, 15) is 27.2 Å². The summed E-state index contributed by atoms with van der Waals surface area (Å²) in [4.78, 5) is 27.9. The van der Waals surface area contributed by atoms with Gasteiger partial charge in [-0.15, -0.1) is 0 Å². The second kappa shape index (κ2) is 10.3. The molecule has 1 fully saturated rings. The summed E-state index contributed by atoms with van der Waals surface area (Å²) < 4.78 is 56.7. The third kappa shape index (κ3) is 6.71. The Morgan fingerprint density at radius 2 is 1.77 bits per heavy atom. The molecule has 0 saturated carbocycles. The summed E-state index contributed by atoms with van der Waals surface area (Å²) in [6, 6.07) is 5.98. The van der Waals surface area contributed by atoms with E-state index in [1.54, 1.807) is 12.1 Å². The summed E-state index contributed by atoms with van der Waals surface area (Å²) in [5.41, 5.74) is -1.46.